The quantitative estimate of drug-likeness (QED) is 0.153. The molecule has 2 fully saturated rings. The fraction of sp³-hybridized carbons (Fsp3) is 0.696. The maximum atomic E-state index is 13.6. The minimum absolute atomic E-state index is 0. The Hall–Kier alpha value is -1.67. The SMILES string of the molecule is CN1C(=O)[C@]2(CS(=O)(=O)CC[Si](C)(C)C)CCC[C@H]([C@@H]3OC3(C)C)c3cccc1c32.CN1C(=O)[C@]2(CS(=O)(=O)CC[Si](C)(C)C)CCC[C@H]([C@@H]3OC3(C)C)c3cccc1c32.S.S. The second-order valence-electron chi connectivity index (χ2n) is 22.5. The van der Waals surface area contributed by atoms with Crippen LogP contribution in [0.1, 0.15) is 100 Å². The molecule has 62 heavy (non-hydrogen) atoms. The van der Waals surface area contributed by atoms with E-state index in [9.17, 15) is 26.4 Å². The van der Waals surface area contributed by atoms with E-state index in [1.807, 2.05) is 24.3 Å². The molecule has 348 valence electrons. The lowest BCUT2D eigenvalue weighted by Crippen LogP contribution is -2.45. The molecule has 2 saturated heterocycles. The van der Waals surface area contributed by atoms with Crippen LogP contribution in [-0.2, 0) is 49.6 Å². The van der Waals surface area contributed by atoms with Gasteiger partial charge in [-0.05, 0) is 99.9 Å². The van der Waals surface area contributed by atoms with Gasteiger partial charge >= 0.3 is 0 Å². The number of anilines is 2. The average Bonchev–Trinajstić information content (AvgIpc) is 3.98. The molecule has 0 radical (unpaired) electrons. The first-order valence-corrected chi connectivity index (χ1v) is 33.2. The van der Waals surface area contributed by atoms with Gasteiger partial charge in [-0.1, -0.05) is 76.4 Å². The van der Waals surface area contributed by atoms with E-state index >= 15 is 0 Å². The Morgan fingerprint density at radius 3 is 1.23 bits per heavy atom. The van der Waals surface area contributed by atoms with Gasteiger partial charge in [0.2, 0.25) is 11.8 Å². The van der Waals surface area contributed by atoms with E-state index in [0.29, 0.717) is 12.8 Å². The summed E-state index contributed by atoms with van der Waals surface area (Å²) in [4.78, 5) is 30.6. The minimum Gasteiger partial charge on any atom is -0.366 e. The van der Waals surface area contributed by atoms with Crippen LogP contribution in [0.25, 0.3) is 0 Å². The predicted molar refractivity (Wildman–Crippen MR) is 269 cm³/mol. The summed E-state index contributed by atoms with van der Waals surface area (Å²) in [6.07, 6.45) is 4.96. The van der Waals surface area contributed by atoms with Crippen LogP contribution in [0.15, 0.2) is 36.4 Å². The van der Waals surface area contributed by atoms with E-state index in [0.717, 1.165) is 71.4 Å². The molecule has 2 amide bonds. The number of rotatable bonds is 12. The van der Waals surface area contributed by atoms with Gasteiger partial charge < -0.3 is 19.3 Å². The summed E-state index contributed by atoms with van der Waals surface area (Å²) in [5, 5.41) is 0. The summed E-state index contributed by atoms with van der Waals surface area (Å²) in [6, 6.07) is 13.6. The van der Waals surface area contributed by atoms with Crippen molar-refractivity contribution >= 4 is 86.0 Å². The fourth-order valence-electron chi connectivity index (χ4n) is 11.0. The molecule has 6 aliphatic rings. The largest absolute Gasteiger partial charge is 0.366 e. The maximum Gasteiger partial charge on any atom is 0.238 e. The summed E-state index contributed by atoms with van der Waals surface area (Å²) >= 11 is 0. The first kappa shape index (κ1) is 51.3. The molecule has 0 bridgehead atoms. The van der Waals surface area contributed by atoms with Crippen molar-refractivity contribution < 1.29 is 35.9 Å². The van der Waals surface area contributed by atoms with Crippen LogP contribution in [0.2, 0.25) is 51.4 Å². The monoisotopic (exact) mass is 966 g/mol. The molecule has 8 rings (SSSR count). The van der Waals surface area contributed by atoms with Crippen molar-refractivity contribution in [3.8, 4) is 0 Å². The Labute approximate surface area is 388 Å². The predicted octanol–water partition coefficient (Wildman–Crippen LogP) is 8.42. The lowest BCUT2D eigenvalue weighted by atomic mass is 9.77. The van der Waals surface area contributed by atoms with E-state index in [4.69, 9.17) is 9.47 Å². The second kappa shape index (κ2) is 17.2. The molecule has 0 spiro atoms. The molecule has 4 heterocycles. The molecule has 0 saturated carbocycles. The Morgan fingerprint density at radius 1 is 0.613 bits per heavy atom. The van der Waals surface area contributed by atoms with Crippen molar-refractivity contribution in [2.75, 3.05) is 46.9 Å². The first-order chi connectivity index (χ1) is 27.6. The second-order valence-corrected chi connectivity index (χ2v) is 38.1. The van der Waals surface area contributed by atoms with Gasteiger partial charge in [0.05, 0.1) is 45.7 Å². The lowest BCUT2D eigenvalue weighted by Gasteiger charge is -2.28. The molecule has 2 aromatic rings. The first-order valence-electron chi connectivity index (χ1n) is 22.1. The van der Waals surface area contributed by atoms with Gasteiger partial charge in [0.15, 0.2) is 19.7 Å². The van der Waals surface area contributed by atoms with Crippen LogP contribution in [0.4, 0.5) is 11.4 Å². The Balaban J connectivity index is 0.000000227. The third-order valence-electron chi connectivity index (χ3n) is 14.4. The molecule has 16 heteroatoms. The van der Waals surface area contributed by atoms with Crippen LogP contribution >= 0.6 is 27.0 Å². The summed E-state index contributed by atoms with van der Waals surface area (Å²) in [5.74, 6) is 0.527. The van der Waals surface area contributed by atoms with Gasteiger partial charge in [-0.15, -0.1) is 0 Å². The van der Waals surface area contributed by atoms with E-state index in [1.165, 1.54) is 0 Å². The Bertz CT molecular complexity index is 2130. The van der Waals surface area contributed by atoms with Crippen molar-refractivity contribution in [1.29, 1.82) is 0 Å². The van der Waals surface area contributed by atoms with Gasteiger partial charge in [-0.3, -0.25) is 9.59 Å². The highest BCUT2D eigenvalue weighted by Gasteiger charge is 2.60. The topological polar surface area (TPSA) is 134 Å². The van der Waals surface area contributed by atoms with Crippen LogP contribution in [0.5, 0.6) is 0 Å². The number of nitrogens with zero attached hydrogens (tertiary/aromatic N) is 2. The molecular weight excluding hydrogens is 893 g/mol. The number of amides is 2. The number of epoxide rings is 2. The molecular formula is C46H74N2O8S4Si2. The van der Waals surface area contributed by atoms with E-state index < -0.39 is 46.7 Å². The highest BCUT2D eigenvalue weighted by atomic mass is 32.2. The Kier molecular flexibility index (Phi) is 14.2. The van der Waals surface area contributed by atoms with Gasteiger partial charge in [0.25, 0.3) is 0 Å². The normalized spacial score (nSPS) is 29.2. The molecule has 6 atom stereocenters. The molecule has 2 aromatic carbocycles. The van der Waals surface area contributed by atoms with Gasteiger partial charge in [0.1, 0.15) is 0 Å². The summed E-state index contributed by atoms with van der Waals surface area (Å²) in [6.45, 7) is 21.6. The fourth-order valence-corrected chi connectivity index (χ4v) is 21.0. The van der Waals surface area contributed by atoms with E-state index in [1.54, 1.807) is 23.9 Å². The summed E-state index contributed by atoms with van der Waals surface area (Å²) in [5.41, 5.74) is 3.71. The van der Waals surface area contributed by atoms with Crippen LogP contribution in [0, 0.1) is 0 Å². The number of hydrogen-bond acceptors (Lipinski definition) is 8. The van der Waals surface area contributed by atoms with Crippen molar-refractivity contribution in [1.82, 2.24) is 0 Å². The highest BCUT2D eigenvalue weighted by Crippen LogP contribution is 2.58. The number of carbonyl (C=O) groups is 2. The van der Waals surface area contributed by atoms with Crippen molar-refractivity contribution in [2.45, 2.75) is 164 Å². The van der Waals surface area contributed by atoms with Crippen molar-refractivity contribution in [3.05, 3.63) is 58.7 Å². The van der Waals surface area contributed by atoms with Gasteiger partial charge in [-0.2, -0.15) is 27.0 Å². The number of likely N-dealkylation sites (N-methyl/N-ethyl adjacent to an activating group) is 2. The number of carbonyl (C=O) groups excluding carboxylic acids is 2. The van der Waals surface area contributed by atoms with Crippen molar-refractivity contribution in [2.24, 2.45) is 0 Å². The zero-order valence-electron chi connectivity index (χ0n) is 39.2. The molecule has 0 N–H and O–H groups in total. The zero-order chi connectivity index (χ0) is 44.2. The maximum absolute atomic E-state index is 13.6. The molecule has 2 aliphatic carbocycles. The minimum atomic E-state index is -3.36. The zero-order valence-corrected chi connectivity index (χ0v) is 44.9. The molecule has 4 aliphatic heterocycles. The van der Waals surface area contributed by atoms with Crippen molar-refractivity contribution in [3.63, 3.8) is 0 Å². The molecule has 0 aromatic heterocycles. The number of sulfone groups is 2. The summed E-state index contributed by atoms with van der Waals surface area (Å²) in [7, 11) is -6.12. The summed E-state index contributed by atoms with van der Waals surface area (Å²) < 4.78 is 65.1. The molecule has 0 unspecified atom stereocenters. The average molecular weight is 968 g/mol. The standard InChI is InChI=1S/2C23H35NO4SSi.2H2S/c2*1-22(2)20(28-22)17-10-8-12-23(15-29(26,27)13-14-30(4,5)6)19-16(17)9-7-11-18(19)24(3)21(23)25;;/h2*7,9,11,17,20H,8,10,12-15H2,1-6H3;2*1H2/t2*17-,20-,23-;;/m00../s1. The van der Waals surface area contributed by atoms with Crippen LogP contribution < -0.4 is 9.80 Å². The third-order valence-corrected chi connectivity index (χ3v) is 22.1. The lowest BCUT2D eigenvalue weighted by molar-refractivity contribution is -0.123. The number of hydrogen-bond donors (Lipinski definition) is 0. The van der Waals surface area contributed by atoms with E-state index in [-0.39, 0.29) is 97.1 Å². The number of ether oxygens (including phenoxy) is 2. The third kappa shape index (κ3) is 9.74. The van der Waals surface area contributed by atoms with Gasteiger partial charge in [-0.25, -0.2) is 16.8 Å². The van der Waals surface area contributed by atoms with Crippen LogP contribution in [-0.4, -0.2) is 105 Å². The number of benzene rings is 2. The van der Waals surface area contributed by atoms with Gasteiger partial charge in [0, 0.05) is 65.0 Å². The van der Waals surface area contributed by atoms with Crippen LogP contribution in [0.3, 0.4) is 0 Å². The highest BCUT2D eigenvalue weighted by molar-refractivity contribution is 7.91. The molecule has 10 nitrogen and oxygen atoms in total. The Morgan fingerprint density at radius 2 is 0.935 bits per heavy atom. The van der Waals surface area contributed by atoms with E-state index in [2.05, 4.69) is 79.1 Å². The smallest absolute Gasteiger partial charge is 0.238 e.